The molecule has 1 atom stereocenters. The topological polar surface area (TPSA) is 26.3 Å². The van der Waals surface area contributed by atoms with Crippen LogP contribution in [-0.2, 0) is 4.79 Å². The van der Waals surface area contributed by atoms with Gasteiger partial charge in [0.25, 0.3) is 0 Å². The maximum Gasteiger partial charge on any atom is 0.317 e. The number of hydrogen-bond acceptors (Lipinski definition) is 2. The number of hydrogen-bond donors (Lipinski definition) is 0. The van der Waals surface area contributed by atoms with E-state index in [1.807, 2.05) is 0 Å². The summed E-state index contributed by atoms with van der Waals surface area (Å²) in [6, 6.07) is 0. The molecule has 0 amide bonds. The second-order valence-corrected chi connectivity index (χ2v) is 4.95. The van der Waals surface area contributed by atoms with Crippen molar-refractivity contribution in [2.75, 3.05) is 0 Å². The predicted molar refractivity (Wildman–Crippen MR) is 65.2 cm³/mol. The Morgan fingerprint density at radius 3 is 1.76 bits per heavy atom. The maximum absolute atomic E-state index is 13.4. The lowest BCUT2D eigenvalue weighted by Gasteiger charge is -2.25. The number of benzene rings is 1. The Kier molecular flexibility index (Phi) is 5.31. The molecule has 0 saturated heterocycles. The van der Waals surface area contributed by atoms with E-state index < -0.39 is 46.2 Å². The summed E-state index contributed by atoms with van der Waals surface area (Å²) < 4.78 is 70.3. The van der Waals surface area contributed by atoms with Crippen molar-refractivity contribution in [2.24, 2.45) is 5.41 Å². The van der Waals surface area contributed by atoms with Crippen molar-refractivity contribution in [1.29, 1.82) is 0 Å². The fourth-order valence-electron chi connectivity index (χ4n) is 1.87. The molecular weight excluding hydrogens is 295 g/mol. The highest BCUT2D eigenvalue weighted by molar-refractivity contribution is 5.78. The van der Waals surface area contributed by atoms with Crippen LogP contribution >= 0.6 is 0 Å². The minimum Gasteiger partial charge on any atom is -0.420 e. The third-order valence-electron chi connectivity index (χ3n) is 3.44. The molecule has 118 valence electrons. The highest BCUT2D eigenvalue weighted by Crippen LogP contribution is 2.34. The van der Waals surface area contributed by atoms with Crippen molar-refractivity contribution in [3.8, 4) is 5.75 Å². The van der Waals surface area contributed by atoms with Gasteiger partial charge in [0.05, 0.1) is 5.41 Å². The Morgan fingerprint density at radius 1 is 0.952 bits per heavy atom. The lowest BCUT2D eigenvalue weighted by atomic mass is 9.83. The van der Waals surface area contributed by atoms with E-state index in [9.17, 15) is 26.7 Å². The molecule has 0 aliphatic rings. The first-order chi connectivity index (χ1) is 9.69. The van der Waals surface area contributed by atoms with Gasteiger partial charge in [0.1, 0.15) is 0 Å². The van der Waals surface area contributed by atoms with Crippen LogP contribution in [0.25, 0.3) is 0 Å². The minimum atomic E-state index is -2.29. The number of carbonyl (C=O) groups is 1. The average molecular weight is 310 g/mol. The van der Waals surface area contributed by atoms with E-state index in [2.05, 4.69) is 4.74 Å². The van der Waals surface area contributed by atoms with Crippen LogP contribution in [0.5, 0.6) is 5.75 Å². The van der Waals surface area contributed by atoms with Gasteiger partial charge in [-0.25, -0.2) is 13.2 Å². The van der Waals surface area contributed by atoms with Crippen LogP contribution in [0.4, 0.5) is 22.0 Å². The van der Waals surface area contributed by atoms with E-state index in [-0.39, 0.29) is 0 Å². The van der Waals surface area contributed by atoms with Crippen LogP contribution in [0.15, 0.2) is 0 Å². The van der Waals surface area contributed by atoms with Crippen molar-refractivity contribution in [3.05, 3.63) is 29.1 Å². The van der Waals surface area contributed by atoms with E-state index in [1.165, 1.54) is 6.92 Å². The Balaban J connectivity index is 3.23. The molecule has 0 bridgehead atoms. The molecule has 0 fully saturated rings. The van der Waals surface area contributed by atoms with Crippen molar-refractivity contribution < 1.29 is 31.5 Å². The number of halogens is 5. The number of carbonyl (C=O) groups excluding carboxylic acids is 1. The maximum atomic E-state index is 13.4. The largest absolute Gasteiger partial charge is 0.420 e. The van der Waals surface area contributed by atoms with E-state index >= 15 is 0 Å². The zero-order valence-corrected chi connectivity index (χ0v) is 11.8. The second kappa shape index (κ2) is 6.41. The lowest BCUT2D eigenvalue weighted by Crippen LogP contribution is -2.32. The van der Waals surface area contributed by atoms with Gasteiger partial charge in [-0.15, -0.1) is 0 Å². The van der Waals surface area contributed by atoms with E-state index in [1.54, 1.807) is 13.8 Å². The Bertz CT molecular complexity index is 530. The van der Waals surface area contributed by atoms with Gasteiger partial charge in [0, 0.05) is 0 Å². The molecule has 1 unspecified atom stereocenters. The van der Waals surface area contributed by atoms with Crippen LogP contribution in [0.3, 0.4) is 0 Å². The molecule has 21 heavy (non-hydrogen) atoms. The first-order valence-electron chi connectivity index (χ1n) is 6.43. The van der Waals surface area contributed by atoms with E-state index in [0.29, 0.717) is 19.3 Å². The molecule has 0 radical (unpaired) electrons. The van der Waals surface area contributed by atoms with Gasteiger partial charge in [0.2, 0.25) is 34.8 Å². The van der Waals surface area contributed by atoms with Crippen molar-refractivity contribution >= 4 is 5.97 Å². The zero-order chi connectivity index (χ0) is 16.4. The third kappa shape index (κ3) is 3.16. The van der Waals surface area contributed by atoms with Gasteiger partial charge < -0.3 is 4.74 Å². The SMILES string of the molecule is CCCC(C)(CC)C(=O)Oc1c(F)c(F)c(F)c(F)c1F. The van der Waals surface area contributed by atoms with E-state index in [4.69, 9.17) is 0 Å². The third-order valence-corrected chi connectivity index (χ3v) is 3.44. The Hall–Kier alpha value is -1.66. The monoisotopic (exact) mass is 310 g/mol. The average Bonchev–Trinajstić information content (AvgIpc) is 2.47. The molecule has 0 N–H and O–H groups in total. The molecule has 0 aliphatic carbocycles. The molecule has 2 nitrogen and oxygen atoms in total. The summed E-state index contributed by atoms with van der Waals surface area (Å²) in [6.07, 6.45) is 1.25. The molecule has 1 rings (SSSR count). The van der Waals surface area contributed by atoms with Crippen LogP contribution in [0.2, 0.25) is 0 Å². The van der Waals surface area contributed by atoms with Crippen LogP contribution in [0, 0.1) is 34.5 Å². The summed E-state index contributed by atoms with van der Waals surface area (Å²) >= 11 is 0. The standard InChI is InChI=1S/C14H15F5O2/c1-4-6-14(3,5-2)13(20)21-12-10(18)8(16)7(15)9(17)11(12)19/h4-6H2,1-3H3. The first-order valence-corrected chi connectivity index (χ1v) is 6.43. The predicted octanol–water partition coefficient (Wildman–Crippen LogP) is 4.50. The summed E-state index contributed by atoms with van der Waals surface area (Å²) in [6.45, 7) is 4.96. The highest BCUT2D eigenvalue weighted by atomic mass is 19.2. The smallest absolute Gasteiger partial charge is 0.317 e. The quantitative estimate of drug-likeness (QED) is 0.263. The van der Waals surface area contributed by atoms with Crippen molar-refractivity contribution in [3.63, 3.8) is 0 Å². The highest BCUT2D eigenvalue weighted by Gasteiger charge is 2.36. The molecular formula is C14H15F5O2. The Morgan fingerprint density at radius 2 is 1.38 bits per heavy atom. The number of esters is 1. The second-order valence-electron chi connectivity index (χ2n) is 4.95. The van der Waals surface area contributed by atoms with Gasteiger partial charge >= 0.3 is 5.97 Å². The van der Waals surface area contributed by atoms with Crippen molar-refractivity contribution in [2.45, 2.75) is 40.0 Å². The van der Waals surface area contributed by atoms with Gasteiger partial charge in [-0.2, -0.15) is 8.78 Å². The summed E-state index contributed by atoms with van der Waals surface area (Å²) in [5.41, 5.74) is -1.06. The summed E-state index contributed by atoms with van der Waals surface area (Å²) in [5, 5.41) is 0. The van der Waals surface area contributed by atoms with Crippen LogP contribution in [-0.4, -0.2) is 5.97 Å². The molecule has 0 spiro atoms. The molecule has 0 aromatic heterocycles. The Labute approximate surface area is 118 Å². The van der Waals surface area contributed by atoms with Gasteiger partial charge in [0.15, 0.2) is 0 Å². The molecule has 0 saturated carbocycles. The van der Waals surface area contributed by atoms with E-state index in [0.717, 1.165) is 0 Å². The summed E-state index contributed by atoms with van der Waals surface area (Å²) in [5.74, 6) is -13.5. The van der Waals surface area contributed by atoms with Crippen LogP contribution in [0.1, 0.15) is 40.0 Å². The fourth-order valence-corrected chi connectivity index (χ4v) is 1.87. The number of rotatable bonds is 5. The lowest BCUT2D eigenvalue weighted by molar-refractivity contribution is -0.146. The molecule has 1 aromatic carbocycles. The number of ether oxygens (including phenoxy) is 1. The van der Waals surface area contributed by atoms with Gasteiger partial charge in [-0.1, -0.05) is 20.3 Å². The summed E-state index contributed by atoms with van der Waals surface area (Å²) in [7, 11) is 0. The fraction of sp³-hybridized carbons (Fsp3) is 0.500. The van der Waals surface area contributed by atoms with Crippen molar-refractivity contribution in [1.82, 2.24) is 0 Å². The first kappa shape index (κ1) is 17.4. The zero-order valence-electron chi connectivity index (χ0n) is 11.8. The summed E-state index contributed by atoms with van der Waals surface area (Å²) in [4.78, 5) is 12.0. The van der Waals surface area contributed by atoms with Crippen LogP contribution < -0.4 is 4.74 Å². The van der Waals surface area contributed by atoms with Gasteiger partial charge in [-0.05, 0) is 19.8 Å². The molecule has 1 aromatic rings. The molecule has 0 heterocycles. The normalized spacial score (nSPS) is 13.9. The minimum absolute atomic E-state index is 0.301. The molecule has 0 aliphatic heterocycles. The molecule has 7 heteroatoms. The van der Waals surface area contributed by atoms with Gasteiger partial charge in [-0.3, -0.25) is 4.79 Å².